The smallest absolute Gasteiger partial charge is 0.119 e. The largest absolute Gasteiger partial charge is 0.493 e. The first-order chi connectivity index (χ1) is 8.46. The van der Waals surface area contributed by atoms with Crippen LogP contribution in [-0.4, -0.2) is 17.3 Å². The van der Waals surface area contributed by atoms with E-state index in [9.17, 15) is 5.11 Å². The summed E-state index contributed by atoms with van der Waals surface area (Å²) in [6.45, 7) is 4.12. The summed E-state index contributed by atoms with van der Waals surface area (Å²) in [4.78, 5) is 0. The predicted octanol–water partition coefficient (Wildman–Crippen LogP) is 2.56. The summed E-state index contributed by atoms with van der Waals surface area (Å²) in [5.41, 5.74) is 7.98. The second-order valence-corrected chi connectivity index (χ2v) is 5.77. The van der Waals surface area contributed by atoms with Gasteiger partial charge in [-0.25, -0.2) is 0 Å². The zero-order chi connectivity index (χ0) is 13.2. The Labute approximate surface area is 109 Å². The van der Waals surface area contributed by atoms with Crippen LogP contribution in [0.3, 0.4) is 0 Å². The van der Waals surface area contributed by atoms with Gasteiger partial charge in [0.1, 0.15) is 5.75 Å². The molecule has 0 spiro atoms. The summed E-state index contributed by atoms with van der Waals surface area (Å²) in [6, 6.07) is 6.34. The molecule has 100 valence electrons. The van der Waals surface area contributed by atoms with Crippen molar-refractivity contribution >= 4 is 0 Å². The zero-order valence-corrected chi connectivity index (χ0v) is 11.3. The maximum atomic E-state index is 9.63. The Morgan fingerprint density at radius 3 is 2.94 bits per heavy atom. The minimum absolute atomic E-state index is 0.180. The SMILES string of the molecule is CC(C)(O)CCOc1ccc2c(c1)CCCC2N. The highest BCUT2D eigenvalue weighted by atomic mass is 16.5. The van der Waals surface area contributed by atoms with E-state index in [0.29, 0.717) is 13.0 Å². The van der Waals surface area contributed by atoms with Crippen LogP contribution in [0, 0.1) is 0 Å². The van der Waals surface area contributed by atoms with Crippen molar-refractivity contribution in [1.29, 1.82) is 0 Å². The number of rotatable bonds is 4. The lowest BCUT2D eigenvalue weighted by Crippen LogP contribution is -2.22. The molecule has 1 unspecified atom stereocenters. The average Bonchev–Trinajstić information content (AvgIpc) is 2.27. The number of hydrogen-bond acceptors (Lipinski definition) is 3. The van der Waals surface area contributed by atoms with Crippen LogP contribution in [0.15, 0.2) is 18.2 Å². The monoisotopic (exact) mass is 249 g/mol. The highest BCUT2D eigenvalue weighted by molar-refractivity contribution is 5.38. The molecule has 0 saturated heterocycles. The van der Waals surface area contributed by atoms with Crippen LogP contribution in [0.5, 0.6) is 5.75 Å². The molecule has 0 saturated carbocycles. The normalized spacial score (nSPS) is 19.4. The number of aliphatic hydroxyl groups is 1. The molecule has 1 atom stereocenters. The molecule has 2 rings (SSSR count). The molecule has 1 aliphatic carbocycles. The van der Waals surface area contributed by atoms with E-state index in [1.165, 1.54) is 11.1 Å². The Morgan fingerprint density at radius 2 is 2.22 bits per heavy atom. The van der Waals surface area contributed by atoms with E-state index < -0.39 is 5.60 Å². The van der Waals surface area contributed by atoms with Gasteiger partial charge < -0.3 is 15.6 Å². The number of hydrogen-bond donors (Lipinski definition) is 2. The van der Waals surface area contributed by atoms with Crippen LogP contribution in [0.25, 0.3) is 0 Å². The van der Waals surface area contributed by atoms with E-state index in [2.05, 4.69) is 12.1 Å². The van der Waals surface area contributed by atoms with Crippen LogP contribution in [-0.2, 0) is 6.42 Å². The van der Waals surface area contributed by atoms with Gasteiger partial charge in [0.2, 0.25) is 0 Å². The molecule has 0 aromatic heterocycles. The highest BCUT2D eigenvalue weighted by Crippen LogP contribution is 2.30. The average molecular weight is 249 g/mol. The van der Waals surface area contributed by atoms with Crippen LogP contribution in [0.1, 0.15) is 50.3 Å². The highest BCUT2D eigenvalue weighted by Gasteiger charge is 2.17. The fourth-order valence-electron chi connectivity index (χ4n) is 2.34. The van der Waals surface area contributed by atoms with Gasteiger partial charge in [0, 0.05) is 12.5 Å². The molecule has 0 heterocycles. The summed E-state index contributed by atoms with van der Waals surface area (Å²) >= 11 is 0. The van der Waals surface area contributed by atoms with Gasteiger partial charge in [0.25, 0.3) is 0 Å². The molecule has 1 aromatic carbocycles. The second-order valence-electron chi connectivity index (χ2n) is 5.77. The van der Waals surface area contributed by atoms with Crippen molar-refractivity contribution in [2.45, 2.75) is 51.2 Å². The van der Waals surface area contributed by atoms with E-state index in [1.54, 1.807) is 13.8 Å². The van der Waals surface area contributed by atoms with E-state index in [0.717, 1.165) is 25.0 Å². The Hall–Kier alpha value is -1.06. The molecule has 0 bridgehead atoms. The van der Waals surface area contributed by atoms with E-state index in [-0.39, 0.29) is 6.04 Å². The van der Waals surface area contributed by atoms with Crippen molar-refractivity contribution in [3.63, 3.8) is 0 Å². The number of benzene rings is 1. The van der Waals surface area contributed by atoms with Gasteiger partial charge in [-0.3, -0.25) is 0 Å². The first-order valence-corrected chi connectivity index (χ1v) is 6.69. The molecule has 3 N–H and O–H groups in total. The standard InChI is InChI=1S/C15H23NO2/c1-15(2,17)8-9-18-12-6-7-13-11(10-12)4-3-5-14(13)16/h6-7,10,14,17H,3-5,8-9,16H2,1-2H3. The van der Waals surface area contributed by atoms with Gasteiger partial charge in [0.05, 0.1) is 12.2 Å². The molecule has 18 heavy (non-hydrogen) atoms. The van der Waals surface area contributed by atoms with Crippen molar-refractivity contribution in [1.82, 2.24) is 0 Å². The lowest BCUT2D eigenvalue weighted by molar-refractivity contribution is 0.0553. The summed E-state index contributed by atoms with van der Waals surface area (Å²) < 4.78 is 5.68. The summed E-state index contributed by atoms with van der Waals surface area (Å²) in [7, 11) is 0. The van der Waals surface area contributed by atoms with E-state index in [4.69, 9.17) is 10.5 Å². The summed E-state index contributed by atoms with van der Waals surface area (Å²) in [5.74, 6) is 0.882. The summed E-state index contributed by atoms with van der Waals surface area (Å²) in [6.07, 6.45) is 3.95. The quantitative estimate of drug-likeness (QED) is 0.862. The van der Waals surface area contributed by atoms with Gasteiger partial charge in [-0.15, -0.1) is 0 Å². The maximum Gasteiger partial charge on any atom is 0.119 e. The number of fused-ring (bicyclic) bond motifs is 1. The van der Waals surface area contributed by atoms with Gasteiger partial charge in [-0.2, -0.15) is 0 Å². The van der Waals surface area contributed by atoms with Crippen molar-refractivity contribution in [3.05, 3.63) is 29.3 Å². The molecule has 1 aromatic rings. The lowest BCUT2D eigenvalue weighted by atomic mass is 9.88. The Bertz CT molecular complexity index is 409. The fourth-order valence-corrected chi connectivity index (χ4v) is 2.34. The van der Waals surface area contributed by atoms with Crippen molar-refractivity contribution in [2.75, 3.05) is 6.61 Å². The van der Waals surface area contributed by atoms with E-state index in [1.807, 2.05) is 6.07 Å². The third-order valence-electron chi connectivity index (χ3n) is 3.46. The molecule has 0 amide bonds. The molecule has 3 nitrogen and oxygen atoms in total. The number of aryl methyl sites for hydroxylation is 1. The molecule has 0 aliphatic heterocycles. The molecular formula is C15H23NO2. The van der Waals surface area contributed by atoms with Gasteiger partial charge in [0.15, 0.2) is 0 Å². The first kappa shape index (κ1) is 13.4. The fraction of sp³-hybridized carbons (Fsp3) is 0.600. The van der Waals surface area contributed by atoms with E-state index >= 15 is 0 Å². The van der Waals surface area contributed by atoms with Gasteiger partial charge in [-0.1, -0.05) is 6.07 Å². The van der Waals surface area contributed by atoms with Gasteiger partial charge in [-0.05, 0) is 56.4 Å². The minimum Gasteiger partial charge on any atom is -0.493 e. The third kappa shape index (κ3) is 3.47. The Balaban J connectivity index is 1.99. The van der Waals surface area contributed by atoms with Crippen LogP contribution < -0.4 is 10.5 Å². The van der Waals surface area contributed by atoms with Crippen molar-refractivity contribution in [3.8, 4) is 5.75 Å². The Kier molecular flexibility index (Phi) is 3.93. The second kappa shape index (κ2) is 5.29. The molecule has 0 radical (unpaired) electrons. The number of ether oxygens (including phenoxy) is 1. The van der Waals surface area contributed by atoms with Crippen molar-refractivity contribution in [2.24, 2.45) is 5.73 Å². The topological polar surface area (TPSA) is 55.5 Å². The molecular weight excluding hydrogens is 226 g/mol. The zero-order valence-electron chi connectivity index (χ0n) is 11.3. The predicted molar refractivity (Wildman–Crippen MR) is 72.7 cm³/mol. The van der Waals surface area contributed by atoms with Crippen LogP contribution in [0.2, 0.25) is 0 Å². The molecule has 3 heteroatoms. The lowest BCUT2D eigenvalue weighted by Gasteiger charge is -2.23. The van der Waals surface area contributed by atoms with Crippen LogP contribution >= 0.6 is 0 Å². The summed E-state index contributed by atoms with van der Waals surface area (Å²) in [5, 5.41) is 9.63. The first-order valence-electron chi connectivity index (χ1n) is 6.69. The molecule has 0 fully saturated rings. The maximum absolute atomic E-state index is 9.63. The van der Waals surface area contributed by atoms with Crippen molar-refractivity contribution < 1.29 is 9.84 Å². The third-order valence-corrected chi connectivity index (χ3v) is 3.46. The Morgan fingerprint density at radius 1 is 1.44 bits per heavy atom. The van der Waals surface area contributed by atoms with Gasteiger partial charge >= 0.3 is 0 Å². The minimum atomic E-state index is -0.670. The number of nitrogens with two attached hydrogens (primary N) is 1. The molecule has 1 aliphatic rings. The van der Waals surface area contributed by atoms with Crippen LogP contribution in [0.4, 0.5) is 0 Å².